The van der Waals surface area contributed by atoms with E-state index in [4.69, 9.17) is 27.9 Å². The third-order valence-corrected chi connectivity index (χ3v) is 3.40. The maximum Gasteiger partial charge on any atom is 0.272 e. The second kappa shape index (κ2) is 6.55. The van der Waals surface area contributed by atoms with Crippen molar-refractivity contribution in [1.82, 2.24) is 9.97 Å². The van der Waals surface area contributed by atoms with Gasteiger partial charge in [-0.3, -0.25) is 10.1 Å². The molecule has 1 heterocycles. The molecule has 1 aromatic heterocycles. The molecule has 0 saturated heterocycles. The van der Waals surface area contributed by atoms with Crippen LogP contribution < -0.4 is 4.74 Å². The largest absolute Gasteiger partial charge is 0.436 e. The minimum atomic E-state index is -0.585. The fraction of sp³-hybridized carbons (Fsp3) is 0.167. The van der Waals surface area contributed by atoms with Crippen LogP contribution in [0, 0.1) is 10.1 Å². The van der Waals surface area contributed by atoms with Crippen molar-refractivity contribution in [3.63, 3.8) is 0 Å². The molecule has 0 radical (unpaired) electrons. The molecular weight excluding hydrogens is 385 g/mol. The van der Waals surface area contributed by atoms with Gasteiger partial charge in [-0.05, 0) is 15.9 Å². The van der Waals surface area contributed by atoms with Crippen molar-refractivity contribution in [1.29, 1.82) is 0 Å². The number of aromatic nitrogens is 2. The van der Waals surface area contributed by atoms with Crippen LogP contribution in [0.5, 0.6) is 11.6 Å². The highest BCUT2D eigenvalue weighted by atomic mass is 79.9. The van der Waals surface area contributed by atoms with E-state index in [1.807, 2.05) is 6.92 Å². The quantitative estimate of drug-likeness (QED) is 0.423. The Morgan fingerprint density at radius 1 is 1.29 bits per heavy atom. The van der Waals surface area contributed by atoms with Gasteiger partial charge in [-0.2, -0.15) is 4.98 Å². The van der Waals surface area contributed by atoms with Gasteiger partial charge in [-0.15, -0.1) is 0 Å². The Hall–Kier alpha value is -1.44. The van der Waals surface area contributed by atoms with Gasteiger partial charge in [-0.1, -0.05) is 30.1 Å². The summed E-state index contributed by atoms with van der Waals surface area (Å²) in [7, 11) is 0. The summed E-state index contributed by atoms with van der Waals surface area (Å²) in [5, 5.41) is 10.8. The smallest absolute Gasteiger partial charge is 0.272 e. The summed E-state index contributed by atoms with van der Waals surface area (Å²) in [5.41, 5.74) is -0.213. The molecular formula is C12H8BrCl2N3O3. The third-order valence-electron chi connectivity index (χ3n) is 2.43. The molecule has 9 heteroatoms. The van der Waals surface area contributed by atoms with Crippen LogP contribution >= 0.6 is 39.1 Å². The average Bonchev–Trinajstić information content (AvgIpc) is 2.41. The van der Waals surface area contributed by atoms with Crippen LogP contribution in [-0.2, 0) is 6.42 Å². The number of non-ortho nitro benzene ring substituents is 1. The highest BCUT2D eigenvalue weighted by Crippen LogP contribution is 2.39. The fourth-order valence-corrected chi connectivity index (χ4v) is 2.46. The number of hydrogen-bond donors (Lipinski definition) is 0. The third kappa shape index (κ3) is 3.81. The molecule has 0 aliphatic rings. The fourth-order valence-electron chi connectivity index (χ4n) is 1.51. The average molecular weight is 393 g/mol. The number of nitro benzene ring substituents is 1. The van der Waals surface area contributed by atoms with E-state index in [1.54, 1.807) is 6.07 Å². The predicted octanol–water partition coefficient (Wildman–Crippen LogP) is 4.81. The Labute approximate surface area is 138 Å². The van der Waals surface area contributed by atoms with Crippen molar-refractivity contribution in [3.05, 3.63) is 48.8 Å². The first-order chi connectivity index (χ1) is 9.90. The molecule has 21 heavy (non-hydrogen) atoms. The molecule has 0 aliphatic carbocycles. The first-order valence-corrected chi connectivity index (χ1v) is 7.30. The van der Waals surface area contributed by atoms with E-state index < -0.39 is 4.92 Å². The predicted molar refractivity (Wildman–Crippen MR) is 82.3 cm³/mol. The zero-order chi connectivity index (χ0) is 15.6. The summed E-state index contributed by atoms with van der Waals surface area (Å²) in [6.07, 6.45) is 0.623. The van der Waals surface area contributed by atoms with Gasteiger partial charge in [0.2, 0.25) is 5.88 Å². The molecule has 2 aromatic rings. The Balaban J connectivity index is 2.40. The first kappa shape index (κ1) is 15.9. The van der Waals surface area contributed by atoms with E-state index in [1.165, 1.54) is 12.1 Å². The second-order valence-corrected chi connectivity index (χ2v) is 5.52. The van der Waals surface area contributed by atoms with E-state index in [0.717, 1.165) is 0 Å². The van der Waals surface area contributed by atoms with E-state index >= 15 is 0 Å². The molecule has 0 aliphatic heterocycles. The number of halogens is 3. The molecule has 1 aromatic carbocycles. The summed E-state index contributed by atoms with van der Waals surface area (Å²) in [4.78, 5) is 18.5. The zero-order valence-corrected chi connectivity index (χ0v) is 13.7. The number of nitrogens with zero attached hydrogens (tertiary/aromatic N) is 3. The van der Waals surface area contributed by atoms with Crippen LogP contribution in [0.25, 0.3) is 0 Å². The Morgan fingerprint density at radius 3 is 2.43 bits per heavy atom. The first-order valence-electron chi connectivity index (χ1n) is 5.75. The van der Waals surface area contributed by atoms with E-state index in [2.05, 4.69) is 25.9 Å². The van der Waals surface area contributed by atoms with Gasteiger partial charge in [0.15, 0.2) is 5.75 Å². The summed E-state index contributed by atoms with van der Waals surface area (Å²) < 4.78 is 6.08. The molecule has 0 bridgehead atoms. The highest BCUT2D eigenvalue weighted by molar-refractivity contribution is 9.10. The number of rotatable bonds is 4. The second-order valence-electron chi connectivity index (χ2n) is 3.90. The maximum atomic E-state index is 10.7. The van der Waals surface area contributed by atoms with Crippen LogP contribution in [0.2, 0.25) is 10.0 Å². The van der Waals surface area contributed by atoms with Gasteiger partial charge in [0.05, 0.1) is 15.0 Å². The monoisotopic (exact) mass is 391 g/mol. The lowest BCUT2D eigenvalue weighted by Gasteiger charge is -2.09. The van der Waals surface area contributed by atoms with Gasteiger partial charge in [0, 0.05) is 24.6 Å². The van der Waals surface area contributed by atoms with E-state index in [0.29, 0.717) is 16.8 Å². The summed E-state index contributed by atoms with van der Waals surface area (Å²) in [5.74, 6) is 0.927. The molecule has 0 spiro atoms. The van der Waals surface area contributed by atoms with Crippen LogP contribution in [0.3, 0.4) is 0 Å². The van der Waals surface area contributed by atoms with Gasteiger partial charge >= 0.3 is 0 Å². The standard InChI is InChI=1S/C12H8BrCl2N3O3/c1-2-10-16-9(13)5-11(17-10)21-12-7(14)3-6(18(19)20)4-8(12)15/h3-5H,2H2,1H3. The molecule has 2 rings (SSSR count). The minimum Gasteiger partial charge on any atom is -0.436 e. The molecule has 0 unspecified atom stereocenters. The number of hydrogen-bond acceptors (Lipinski definition) is 5. The molecule has 0 saturated carbocycles. The highest BCUT2D eigenvalue weighted by Gasteiger charge is 2.17. The molecule has 110 valence electrons. The van der Waals surface area contributed by atoms with Crippen molar-refractivity contribution in [2.24, 2.45) is 0 Å². The van der Waals surface area contributed by atoms with Gasteiger partial charge in [0.25, 0.3) is 5.69 Å². The van der Waals surface area contributed by atoms with E-state index in [9.17, 15) is 10.1 Å². The Morgan fingerprint density at radius 2 is 1.90 bits per heavy atom. The molecule has 6 nitrogen and oxygen atoms in total. The summed E-state index contributed by atoms with van der Waals surface area (Å²) in [6.45, 7) is 1.90. The van der Waals surface area contributed by atoms with Crippen molar-refractivity contribution in [3.8, 4) is 11.6 Å². The minimum absolute atomic E-state index is 0.0296. The van der Waals surface area contributed by atoms with Gasteiger partial charge in [-0.25, -0.2) is 4.98 Å². The van der Waals surface area contributed by atoms with Crippen molar-refractivity contribution in [2.45, 2.75) is 13.3 Å². The number of aryl methyl sites for hydroxylation is 1. The lowest BCUT2D eigenvalue weighted by atomic mass is 10.3. The van der Waals surface area contributed by atoms with Crippen LogP contribution in [0.4, 0.5) is 5.69 Å². The lowest BCUT2D eigenvalue weighted by Crippen LogP contribution is -1.98. The molecule has 0 amide bonds. The lowest BCUT2D eigenvalue weighted by molar-refractivity contribution is -0.384. The van der Waals surface area contributed by atoms with Crippen LogP contribution in [0.1, 0.15) is 12.7 Å². The topological polar surface area (TPSA) is 78.2 Å². The van der Waals surface area contributed by atoms with E-state index in [-0.39, 0.29) is 27.4 Å². The molecule has 0 fully saturated rings. The number of benzene rings is 1. The van der Waals surface area contributed by atoms with Crippen molar-refractivity contribution >= 4 is 44.8 Å². The van der Waals surface area contributed by atoms with Crippen molar-refractivity contribution < 1.29 is 9.66 Å². The van der Waals surface area contributed by atoms with Gasteiger partial charge in [0.1, 0.15) is 10.4 Å². The van der Waals surface area contributed by atoms with Crippen molar-refractivity contribution in [2.75, 3.05) is 0 Å². The zero-order valence-electron chi connectivity index (χ0n) is 10.6. The molecule has 0 N–H and O–H groups in total. The van der Waals surface area contributed by atoms with Gasteiger partial charge < -0.3 is 4.74 Å². The summed E-state index contributed by atoms with van der Waals surface area (Å²) in [6, 6.07) is 3.88. The SMILES string of the molecule is CCc1nc(Br)cc(Oc2c(Cl)cc([N+](=O)[O-])cc2Cl)n1. The Bertz CT molecular complexity index is 689. The normalized spacial score (nSPS) is 10.5. The Kier molecular flexibility index (Phi) is 4.97. The van der Waals surface area contributed by atoms with Crippen LogP contribution in [-0.4, -0.2) is 14.9 Å². The number of nitro groups is 1. The van der Waals surface area contributed by atoms with Crippen LogP contribution in [0.15, 0.2) is 22.8 Å². The maximum absolute atomic E-state index is 10.7. The summed E-state index contributed by atoms with van der Waals surface area (Å²) >= 11 is 15.2. The molecule has 0 atom stereocenters. The number of ether oxygens (including phenoxy) is 1.